The second-order valence-electron chi connectivity index (χ2n) is 5.81. The van der Waals surface area contributed by atoms with Crippen molar-refractivity contribution in [1.82, 2.24) is 10.1 Å². The Morgan fingerprint density at radius 1 is 1.36 bits per heavy atom. The summed E-state index contributed by atoms with van der Waals surface area (Å²) >= 11 is 0. The molecular weight excluding hydrogens is 308 g/mol. The monoisotopic (exact) mass is 330 g/mol. The first kappa shape index (κ1) is 16.9. The van der Waals surface area contributed by atoms with Crippen LogP contribution in [0.2, 0.25) is 0 Å². The van der Waals surface area contributed by atoms with Gasteiger partial charge >= 0.3 is 5.97 Å². The highest BCUT2D eigenvalue weighted by Crippen LogP contribution is 2.31. The molecule has 0 bridgehead atoms. The first-order chi connectivity index (χ1) is 10.4. The summed E-state index contributed by atoms with van der Waals surface area (Å²) in [5.41, 5.74) is 0. The number of hydrogen-bond acceptors (Lipinski definition) is 6. The van der Waals surface area contributed by atoms with Crippen LogP contribution in [0.4, 0.5) is 0 Å². The molecule has 1 saturated carbocycles. The third-order valence-electron chi connectivity index (χ3n) is 4.03. The third-order valence-corrected chi connectivity index (χ3v) is 5.99. The predicted molar refractivity (Wildman–Crippen MR) is 79.1 cm³/mol. The lowest BCUT2D eigenvalue weighted by atomic mass is 9.89. The van der Waals surface area contributed by atoms with Gasteiger partial charge in [-0.05, 0) is 19.3 Å². The molecule has 1 fully saturated rings. The van der Waals surface area contributed by atoms with Crippen molar-refractivity contribution in [3.05, 3.63) is 11.7 Å². The normalized spacial score (nSPS) is 18.2. The van der Waals surface area contributed by atoms with E-state index in [9.17, 15) is 13.2 Å². The van der Waals surface area contributed by atoms with E-state index in [0.717, 1.165) is 25.7 Å². The Morgan fingerprint density at radius 2 is 2.05 bits per heavy atom. The van der Waals surface area contributed by atoms with Gasteiger partial charge in [-0.25, -0.2) is 8.42 Å². The summed E-state index contributed by atoms with van der Waals surface area (Å²) in [6.07, 6.45) is 5.93. The molecule has 0 aliphatic heterocycles. The molecule has 1 aliphatic carbocycles. The van der Waals surface area contributed by atoms with Gasteiger partial charge in [0.15, 0.2) is 20.9 Å². The van der Waals surface area contributed by atoms with Crippen molar-refractivity contribution in [3.8, 4) is 0 Å². The molecule has 1 aromatic heterocycles. The van der Waals surface area contributed by atoms with E-state index in [1.807, 2.05) is 0 Å². The molecule has 0 unspecified atom stereocenters. The topological polar surface area (TPSA) is 110 Å². The molecule has 0 spiro atoms. The Labute approximate surface area is 130 Å². The molecule has 1 N–H and O–H groups in total. The van der Waals surface area contributed by atoms with Crippen LogP contribution >= 0.6 is 0 Å². The second kappa shape index (κ2) is 7.21. The predicted octanol–water partition coefficient (Wildman–Crippen LogP) is 2.29. The van der Waals surface area contributed by atoms with E-state index in [1.165, 1.54) is 6.42 Å². The zero-order valence-corrected chi connectivity index (χ0v) is 13.5. The Balaban J connectivity index is 2.09. The molecule has 1 atom stereocenters. The van der Waals surface area contributed by atoms with Crippen LogP contribution in [0.5, 0.6) is 0 Å². The van der Waals surface area contributed by atoms with Crippen LogP contribution in [0, 0.1) is 0 Å². The lowest BCUT2D eigenvalue weighted by Crippen LogP contribution is -2.31. The zero-order valence-electron chi connectivity index (χ0n) is 12.7. The molecule has 0 aromatic carbocycles. The number of nitrogens with zero attached hydrogens (tertiary/aromatic N) is 2. The molecule has 124 valence electrons. The van der Waals surface area contributed by atoms with Gasteiger partial charge < -0.3 is 9.63 Å². The van der Waals surface area contributed by atoms with Gasteiger partial charge in [-0.1, -0.05) is 37.8 Å². The van der Waals surface area contributed by atoms with Gasteiger partial charge in [0, 0.05) is 5.92 Å². The van der Waals surface area contributed by atoms with Crippen molar-refractivity contribution in [2.75, 3.05) is 0 Å². The van der Waals surface area contributed by atoms with Crippen molar-refractivity contribution in [3.63, 3.8) is 0 Å². The molecule has 0 radical (unpaired) electrons. The smallest absolute Gasteiger partial charge is 0.321 e. The lowest BCUT2D eigenvalue weighted by Gasteiger charge is -2.17. The minimum atomic E-state index is -3.84. The molecule has 8 heteroatoms. The fourth-order valence-electron chi connectivity index (χ4n) is 2.84. The van der Waals surface area contributed by atoms with E-state index in [2.05, 4.69) is 10.1 Å². The molecule has 1 heterocycles. The van der Waals surface area contributed by atoms with Gasteiger partial charge in [-0.15, -0.1) is 0 Å². The summed E-state index contributed by atoms with van der Waals surface area (Å²) in [6.45, 7) is 1.75. The Hall–Kier alpha value is -1.44. The van der Waals surface area contributed by atoms with Crippen molar-refractivity contribution in [1.29, 1.82) is 0 Å². The molecule has 1 aliphatic rings. The van der Waals surface area contributed by atoms with Gasteiger partial charge in [0.05, 0.1) is 0 Å². The second-order valence-corrected chi connectivity index (χ2v) is 7.99. The maximum atomic E-state index is 12.2. The standard InChI is InChI=1S/C14H22N2O5S/c1-2-6-11(14(17)18)22(19,20)9-12-15-13(21-16-12)10-7-4-3-5-8-10/h10-11H,2-9H2,1H3,(H,17,18)/t11-/m0/s1. The summed E-state index contributed by atoms with van der Waals surface area (Å²) in [5.74, 6) is -1.07. The first-order valence-corrected chi connectivity index (χ1v) is 9.42. The summed E-state index contributed by atoms with van der Waals surface area (Å²) in [4.78, 5) is 15.3. The minimum absolute atomic E-state index is 0.0583. The van der Waals surface area contributed by atoms with E-state index < -0.39 is 26.8 Å². The van der Waals surface area contributed by atoms with Crippen LogP contribution in [0.1, 0.15) is 69.5 Å². The Bertz CT molecular complexity index is 605. The van der Waals surface area contributed by atoms with Crippen LogP contribution < -0.4 is 0 Å². The molecule has 0 amide bonds. The van der Waals surface area contributed by atoms with Crippen LogP contribution in [0.15, 0.2) is 4.52 Å². The fourth-order valence-corrected chi connectivity index (χ4v) is 4.42. The van der Waals surface area contributed by atoms with Crippen molar-refractivity contribution >= 4 is 15.8 Å². The summed E-state index contributed by atoms with van der Waals surface area (Å²) in [6, 6.07) is 0. The van der Waals surface area contributed by atoms with Crippen LogP contribution in [-0.2, 0) is 20.4 Å². The van der Waals surface area contributed by atoms with Crippen LogP contribution in [0.3, 0.4) is 0 Å². The SMILES string of the molecule is CCC[C@@H](C(=O)O)S(=O)(=O)Cc1noc(C2CCCCC2)n1. The van der Waals surface area contributed by atoms with E-state index in [-0.39, 0.29) is 18.2 Å². The number of carbonyl (C=O) groups is 1. The molecule has 22 heavy (non-hydrogen) atoms. The van der Waals surface area contributed by atoms with Gasteiger partial charge in [-0.3, -0.25) is 4.79 Å². The van der Waals surface area contributed by atoms with Gasteiger partial charge in [0.25, 0.3) is 0 Å². The number of carboxylic acids is 1. The molecule has 7 nitrogen and oxygen atoms in total. The zero-order chi connectivity index (χ0) is 16.2. The lowest BCUT2D eigenvalue weighted by molar-refractivity contribution is -0.136. The number of rotatable bonds is 7. The number of aromatic nitrogens is 2. The number of hydrogen-bond donors (Lipinski definition) is 1. The maximum absolute atomic E-state index is 12.2. The van der Waals surface area contributed by atoms with Gasteiger partial charge in [0.2, 0.25) is 5.89 Å². The third kappa shape index (κ3) is 4.06. The average molecular weight is 330 g/mol. The van der Waals surface area contributed by atoms with Crippen LogP contribution in [-0.4, -0.2) is 34.9 Å². The molecule has 1 aromatic rings. The quantitative estimate of drug-likeness (QED) is 0.816. The average Bonchev–Trinajstić information content (AvgIpc) is 2.93. The number of sulfone groups is 1. The summed E-state index contributed by atoms with van der Waals surface area (Å²) < 4.78 is 29.6. The summed E-state index contributed by atoms with van der Waals surface area (Å²) in [7, 11) is -3.84. The van der Waals surface area contributed by atoms with Crippen molar-refractivity contribution in [2.24, 2.45) is 0 Å². The molecule has 0 saturated heterocycles. The Morgan fingerprint density at radius 3 is 2.64 bits per heavy atom. The number of aliphatic carboxylic acids is 1. The van der Waals surface area contributed by atoms with E-state index in [0.29, 0.717) is 12.3 Å². The largest absolute Gasteiger partial charge is 0.480 e. The molecular formula is C14H22N2O5S. The van der Waals surface area contributed by atoms with E-state index >= 15 is 0 Å². The minimum Gasteiger partial charge on any atom is -0.480 e. The highest BCUT2D eigenvalue weighted by Gasteiger charge is 2.33. The fraction of sp³-hybridized carbons (Fsp3) is 0.786. The van der Waals surface area contributed by atoms with Crippen LogP contribution in [0.25, 0.3) is 0 Å². The molecule has 2 rings (SSSR count). The maximum Gasteiger partial charge on any atom is 0.321 e. The van der Waals surface area contributed by atoms with Crippen molar-refractivity contribution < 1.29 is 22.8 Å². The summed E-state index contributed by atoms with van der Waals surface area (Å²) in [5, 5.41) is 11.4. The van der Waals surface area contributed by atoms with Gasteiger partial charge in [0.1, 0.15) is 5.75 Å². The number of carboxylic acid groups (broad SMARTS) is 1. The first-order valence-electron chi connectivity index (χ1n) is 7.71. The van der Waals surface area contributed by atoms with Crippen molar-refractivity contribution in [2.45, 2.75) is 68.8 Å². The Kier molecular flexibility index (Phi) is 5.55. The highest BCUT2D eigenvalue weighted by molar-refractivity contribution is 7.92. The van der Waals surface area contributed by atoms with E-state index in [4.69, 9.17) is 9.63 Å². The van der Waals surface area contributed by atoms with E-state index in [1.54, 1.807) is 6.92 Å². The highest BCUT2D eigenvalue weighted by atomic mass is 32.2. The van der Waals surface area contributed by atoms with Gasteiger partial charge in [-0.2, -0.15) is 4.98 Å².